The zero-order valence-corrected chi connectivity index (χ0v) is 9.90. The molecule has 0 bridgehead atoms. The van der Waals surface area contributed by atoms with Gasteiger partial charge in [0.15, 0.2) is 5.78 Å². The van der Waals surface area contributed by atoms with E-state index in [1.165, 1.54) is 31.4 Å². The van der Waals surface area contributed by atoms with Gasteiger partial charge < -0.3 is 4.74 Å². The van der Waals surface area contributed by atoms with Crippen LogP contribution < -0.4 is 0 Å². The van der Waals surface area contributed by atoms with Crippen molar-refractivity contribution in [3.05, 3.63) is 35.6 Å². The van der Waals surface area contributed by atoms with Crippen molar-refractivity contribution in [3.8, 4) is 0 Å². The number of esters is 1. The fourth-order valence-electron chi connectivity index (χ4n) is 1.51. The quantitative estimate of drug-likeness (QED) is 0.585. The highest BCUT2D eigenvalue weighted by Gasteiger charge is 2.14. The molecule has 0 aliphatic heterocycles. The number of benzene rings is 1. The van der Waals surface area contributed by atoms with Gasteiger partial charge in [-0.25, -0.2) is 4.39 Å². The van der Waals surface area contributed by atoms with Crippen LogP contribution in [0.1, 0.15) is 30.1 Å². The molecule has 17 heavy (non-hydrogen) atoms. The minimum atomic E-state index is -0.371. The molecule has 1 aromatic rings. The number of ether oxygens (including phenoxy) is 1. The van der Waals surface area contributed by atoms with Gasteiger partial charge in [-0.1, -0.05) is 6.92 Å². The Bertz CT molecular complexity index is 398. The van der Waals surface area contributed by atoms with Gasteiger partial charge in [-0.05, 0) is 30.2 Å². The fourth-order valence-corrected chi connectivity index (χ4v) is 1.51. The van der Waals surface area contributed by atoms with Crippen LogP contribution in [0.25, 0.3) is 0 Å². The second-order valence-electron chi connectivity index (χ2n) is 4.02. The second-order valence-corrected chi connectivity index (χ2v) is 4.02. The molecule has 0 heterocycles. The maximum absolute atomic E-state index is 12.7. The Kier molecular flexibility index (Phi) is 4.82. The number of carbonyl (C=O) groups is 2. The van der Waals surface area contributed by atoms with Gasteiger partial charge in [-0.2, -0.15) is 0 Å². The van der Waals surface area contributed by atoms with Gasteiger partial charge in [0, 0.05) is 18.4 Å². The number of rotatable bonds is 5. The third-order valence-corrected chi connectivity index (χ3v) is 2.44. The molecule has 4 heteroatoms. The molecule has 1 atom stereocenters. The molecule has 0 N–H and O–H groups in total. The van der Waals surface area contributed by atoms with Crippen molar-refractivity contribution in [3.63, 3.8) is 0 Å². The molecule has 1 aromatic carbocycles. The summed E-state index contributed by atoms with van der Waals surface area (Å²) in [6.45, 7) is 1.80. The first-order valence-electron chi connectivity index (χ1n) is 5.38. The van der Waals surface area contributed by atoms with Crippen molar-refractivity contribution >= 4 is 11.8 Å². The molecule has 0 aliphatic rings. The number of carbonyl (C=O) groups excluding carboxylic acids is 2. The summed E-state index contributed by atoms with van der Waals surface area (Å²) in [6.07, 6.45) is 0.462. The molecular formula is C13H15FO3. The third-order valence-electron chi connectivity index (χ3n) is 2.44. The lowest BCUT2D eigenvalue weighted by molar-refractivity contribution is -0.141. The van der Waals surface area contributed by atoms with E-state index in [0.29, 0.717) is 5.56 Å². The summed E-state index contributed by atoms with van der Waals surface area (Å²) in [4.78, 5) is 22.8. The predicted octanol–water partition coefficient (Wildman–Crippen LogP) is 2.60. The molecule has 0 fully saturated rings. The maximum atomic E-state index is 12.7. The van der Waals surface area contributed by atoms with Crippen LogP contribution in [-0.2, 0) is 9.53 Å². The number of hydrogen-bond donors (Lipinski definition) is 0. The van der Waals surface area contributed by atoms with Crippen LogP contribution in [0.5, 0.6) is 0 Å². The summed E-state index contributed by atoms with van der Waals surface area (Å²) in [5.41, 5.74) is 0.461. The molecule has 0 unspecified atom stereocenters. The Hall–Kier alpha value is -1.71. The minimum absolute atomic E-state index is 0.0833. The Morgan fingerprint density at radius 2 is 1.82 bits per heavy atom. The summed E-state index contributed by atoms with van der Waals surface area (Å²) in [5, 5.41) is 0. The fraction of sp³-hybridized carbons (Fsp3) is 0.385. The smallest absolute Gasteiger partial charge is 0.305 e. The molecule has 0 aliphatic carbocycles. The molecule has 0 amide bonds. The van der Waals surface area contributed by atoms with Crippen LogP contribution in [0.4, 0.5) is 4.39 Å². The van der Waals surface area contributed by atoms with Crippen molar-refractivity contribution < 1.29 is 18.7 Å². The van der Waals surface area contributed by atoms with Gasteiger partial charge >= 0.3 is 5.97 Å². The van der Waals surface area contributed by atoms with E-state index in [-0.39, 0.29) is 36.3 Å². The zero-order valence-electron chi connectivity index (χ0n) is 9.90. The van der Waals surface area contributed by atoms with Crippen molar-refractivity contribution in [2.24, 2.45) is 5.92 Å². The highest BCUT2D eigenvalue weighted by Crippen LogP contribution is 2.14. The molecule has 1 rings (SSSR count). The van der Waals surface area contributed by atoms with Crippen molar-refractivity contribution in [2.75, 3.05) is 7.11 Å². The molecular weight excluding hydrogens is 223 g/mol. The van der Waals surface area contributed by atoms with E-state index in [1.807, 2.05) is 0 Å². The first kappa shape index (κ1) is 13.4. The average Bonchev–Trinajstić information content (AvgIpc) is 2.29. The summed E-state index contributed by atoms with van der Waals surface area (Å²) in [5.74, 6) is -0.880. The number of halogens is 1. The predicted molar refractivity (Wildman–Crippen MR) is 61.1 cm³/mol. The highest BCUT2D eigenvalue weighted by molar-refractivity contribution is 5.96. The molecule has 0 spiro atoms. The van der Waals surface area contributed by atoms with Gasteiger partial charge in [0.05, 0.1) is 7.11 Å². The molecule has 0 saturated heterocycles. The first-order chi connectivity index (χ1) is 8.02. The molecule has 3 nitrogen and oxygen atoms in total. The van der Waals surface area contributed by atoms with E-state index < -0.39 is 0 Å². The lowest BCUT2D eigenvalue weighted by Gasteiger charge is -2.08. The Morgan fingerprint density at radius 1 is 1.24 bits per heavy atom. The SMILES string of the molecule is COC(=O)C[C@H](C)CC(=O)c1ccc(F)cc1. The summed E-state index contributed by atoms with van der Waals surface area (Å²) >= 11 is 0. The minimum Gasteiger partial charge on any atom is -0.469 e. The van der Waals surface area contributed by atoms with Gasteiger partial charge in [0.25, 0.3) is 0 Å². The zero-order chi connectivity index (χ0) is 12.8. The van der Waals surface area contributed by atoms with Crippen LogP contribution in [0.3, 0.4) is 0 Å². The first-order valence-corrected chi connectivity index (χ1v) is 5.38. The van der Waals surface area contributed by atoms with E-state index in [0.717, 1.165) is 0 Å². The van der Waals surface area contributed by atoms with Crippen molar-refractivity contribution in [1.29, 1.82) is 0 Å². The summed E-state index contributed by atoms with van der Waals surface area (Å²) in [7, 11) is 1.32. The Balaban J connectivity index is 2.54. The van der Waals surface area contributed by atoms with Gasteiger partial charge in [0.1, 0.15) is 5.82 Å². The molecule has 0 radical (unpaired) electrons. The van der Waals surface area contributed by atoms with Crippen LogP contribution in [0.15, 0.2) is 24.3 Å². The summed E-state index contributed by atoms with van der Waals surface area (Å²) in [6, 6.07) is 5.39. The Morgan fingerprint density at radius 3 is 2.35 bits per heavy atom. The van der Waals surface area contributed by atoms with E-state index in [4.69, 9.17) is 0 Å². The third kappa shape index (κ3) is 4.34. The number of hydrogen-bond acceptors (Lipinski definition) is 3. The molecule has 0 aromatic heterocycles. The normalized spacial score (nSPS) is 11.9. The number of methoxy groups -OCH3 is 1. The largest absolute Gasteiger partial charge is 0.469 e. The van der Waals surface area contributed by atoms with Crippen molar-refractivity contribution in [1.82, 2.24) is 0 Å². The average molecular weight is 238 g/mol. The molecule has 92 valence electrons. The molecule has 0 saturated carbocycles. The second kappa shape index (κ2) is 6.13. The van der Waals surface area contributed by atoms with Gasteiger partial charge in [-0.3, -0.25) is 9.59 Å². The highest BCUT2D eigenvalue weighted by atomic mass is 19.1. The van der Waals surface area contributed by atoms with Gasteiger partial charge in [0.2, 0.25) is 0 Å². The van der Waals surface area contributed by atoms with Crippen molar-refractivity contribution in [2.45, 2.75) is 19.8 Å². The van der Waals surface area contributed by atoms with E-state index in [9.17, 15) is 14.0 Å². The lowest BCUT2D eigenvalue weighted by Crippen LogP contribution is -2.11. The van der Waals surface area contributed by atoms with E-state index in [2.05, 4.69) is 4.74 Å². The van der Waals surface area contributed by atoms with Crippen LogP contribution >= 0.6 is 0 Å². The lowest BCUT2D eigenvalue weighted by atomic mass is 9.97. The maximum Gasteiger partial charge on any atom is 0.305 e. The standard InChI is InChI=1S/C13H15FO3/c1-9(8-13(16)17-2)7-12(15)10-3-5-11(14)6-4-10/h3-6,9H,7-8H2,1-2H3/t9-/m1/s1. The van der Waals surface area contributed by atoms with Gasteiger partial charge in [-0.15, -0.1) is 0 Å². The van der Waals surface area contributed by atoms with E-state index >= 15 is 0 Å². The Labute approximate surface area is 99.6 Å². The summed E-state index contributed by atoms with van der Waals surface area (Å²) < 4.78 is 17.2. The van der Waals surface area contributed by atoms with Crippen LogP contribution in [0, 0.1) is 11.7 Å². The topological polar surface area (TPSA) is 43.4 Å². The number of ketones is 1. The monoisotopic (exact) mass is 238 g/mol. The number of Topliss-reactive ketones (excluding diaryl/α,β-unsaturated/α-hetero) is 1. The van der Waals surface area contributed by atoms with Crippen LogP contribution in [-0.4, -0.2) is 18.9 Å². The van der Waals surface area contributed by atoms with Crippen LogP contribution in [0.2, 0.25) is 0 Å². The van der Waals surface area contributed by atoms with E-state index in [1.54, 1.807) is 6.92 Å².